The van der Waals surface area contributed by atoms with Gasteiger partial charge in [-0.05, 0) is 19.4 Å². The Kier molecular flexibility index (Phi) is 3.28. The van der Waals surface area contributed by atoms with Crippen molar-refractivity contribution in [1.29, 1.82) is 0 Å². The van der Waals surface area contributed by atoms with Gasteiger partial charge in [0.1, 0.15) is 6.26 Å². The predicted octanol–water partition coefficient (Wildman–Crippen LogP) is 0.483. The van der Waals surface area contributed by atoms with Crippen LogP contribution in [0, 0.1) is 5.92 Å². The van der Waals surface area contributed by atoms with Crippen LogP contribution >= 0.6 is 0 Å². The van der Waals surface area contributed by atoms with Crippen molar-refractivity contribution in [2.75, 3.05) is 13.1 Å². The van der Waals surface area contributed by atoms with Crippen molar-refractivity contribution < 1.29 is 14.3 Å². The molecule has 5 heteroatoms. The first-order chi connectivity index (χ1) is 8.08. The molecule has 2 heterocycles. The molecule has 1 aliphatic rings. The van der Waals surface area contributed by atoms with Crippen LogP contribution in [0.2, 0.25) is 0 Å². The van der Waals surface area contributed by atoms with Gasteiger partial charge >= 0.3 is 5.63 Å². The zero-order valence-electron chi connectivity index (χ0n) is 9.63. The molecule has 1 fully saturated rings. The molecule has 2 atom stereocenters. The van der Waals surface area contributed by atoms with E-state index in [-0.39, 0.29) is 11.8 Å². The van der Waals surface area contributed by atoms with Crippen molar-refractivity contribution in [3.63, 3.8) is 0 Å². The number of aliphatic hydroxyl groups is 1. The minimum Gasteiger partial charge on any atom is -0.430 e. The van der Waals surface area contributed by atoms with E-state index in [4.69, 9.17) is 0 Å². The molecule has 1 amide bonds. The van der Waals surface area contributed by atoms with Gasteiger partial charge in [0, 0.05) is 25.1 Å². The van der Waals surface area contributed by atoms with E-state index in [0.717, 1.165) is 6.42 Å². The van der Waals surface area contributed by atoms with Crippen LogP contribution in [0.4, 0.5) is 0 Å². The second-order valence-corrected chi connectivity index (χ2v) is 4.38. The van der Waals surface area contributed by atoms with Gasteiger partial charge in [-0.3, -0.25) is 4.79 Å². The van der Waals surface area contributed by atoms with Crippen molar-refractivity contribution in [3.8, 4) is 0 Å². The predicted molar refractivity (Wildman–Crippen MR) is 60.7 cm³/mol. The number of carbonyl (C=O) groups is 1. The van der Waals surface area contributed by atoms with Gasteiger partial charge < -0.3 is 14.4 Å². The zero-order valence-corrected chi connectivity index (χ0v) is 9.63. The van der Waals surface area contributed by atoms with Crippen LogP contribution in [0.3, 0.4) is 0 Å². The minimum absolute atomic E-state index is 0.134. The third-order valence-corrected chi connectivity index (χ3v) is 3.14. The topological polar surface area (TPSA) is 70.8 Å². The molecule has 1 aliphatic heterocycles. The summed E-state index contributed by atoms with van der Waals surface area (Å²) in [5.74, 6) is -0.0217. The molecule has 1 aromatic heterocycles. The Morgan fingerprint density at radius 2 is 2.35 bits per heavy atom. The van der Waals surface area contributed by atoms with Gasteiger partial charge in [-0.1, -0.05) is 0 Å². The monoisotopic (exact) mass is 237 g/mol. The van der Waals surface area contributed by atoms with Gasteiger partial charge in [0.15, 0.2) is 0 Å². The van der Waals surface area contributed by atoms with Crippen LogP contribution < -0.4 is 5.63 Å². The molecule has 0 radical (unpaired) electrons. The first-order valence-electron chi connectivity index (χ1n) is 5.64. The van der Waals surface area contributed by atoms with Gasteiger partial charge in [0.05, 0.1) is 11.7 Å². The van der Waals surface area contributed by atoms with Crippen LogP contribution in [-0.4, -0.2) is 35.1 Å². The first-order valence-corrected chi connectivity index (χ1v) is 5.64. The molecule has 0 spiro atoms. The summed E-state index contributed by atoms with van der Waals surface area (Å²) in [5.41, 5.74) is -0.0966. The van der Waals surface area contributed by atoms with E-state index in [0.29, 0.717) is 18.7 Å². The molecule has 92 valence electrons. The normalized spacial score (nSPS) is 21.5. The number of hydrogen-bond donors (Lipinski definition) is 1. The van der Waals surface area contributed by atoms with Crippen molar-refractivity contribution in [1.82, 2.24) is 4.90 Å². The summed E-state index contributed by atoms with van der Waals surface area (Å²) in [6, 6.07) is 2.69. The average Bonchev–Trinajstić information content (AvgIpc) is 2.78. The van der Waals surface area contributed by atoms with Crippen molar-refractivity contribution >= 4 is 5.91 Å². The number of rotatable bonds is 2. The molecule has 0 bridgehead atoms. The van der Waals surface area contributed by atoms with Crippen LogP contribution in [0.5, 0.6) is 0 Å². The van der Waals surface area contributed by atoms with E-state index in [1.807, 2.05) is 0 Å². The number of amides is 1. The van der Waals surface area contributed by atoms with E-state index in [9.17, 15) is 14.7 Å². The lowest BCUT2D eigenvalue weighted by molar-refractivity contribution is 0.0760. The highest BCUT2D eigenvalue weighted by Gasteiger charge is 2.29. The molecule has 2 unspecified atom stereocenters. The Morgan fingerprint density at radius 1 is 1.59 bits per heavy atom. The maximum Gasteiger partial charge on any atom is 0.335 e. The molecule has 1 saturated heterocycles. The second kappa shape index (κ2) is 4.71. The SMILES string of the molecule is CC(O)C1CCN(C(=O)c2ccc(=O)oc2)C1. The molecule has 0 aliphatic carbocycles. The molecule has 0 saturated carbocycles. The molecular formula is C12H15NO4. The molecule has 5 nitrogen and oxygen atoms in total. The second-order valence-electron chi connectivity index (χ2n) is 4.38. The Morgan fingerprint density at radius 3 is 2.88 bits per heavy atom. The van der Waals surface area contributed by atoms with Crippen LogP contribution in [0.1, 0.15) is 23.7 Å². The molecule has 0 aromatic carbocycles. The maximum atomic E-state index is 12.0. The maximum absolute atomic E-state index is 12.0. The van der Waals surface area contributed by atoms with Crippen LogP contribution in [0.15, 0.2) is 27.6 Å². The number of hydrogen-bond acceptors (Lipinski definition) is 4. The van der Waals surface area contributed by atoms with Crippen molar-refractivity contribution in [2.45, 2.75) is 19.4 Å². The van der Waals surface area contributed by atoms with E-state index in [1.165, 1.54) is 18.4 Å². The van der Waals surface area contributed by atoms with Crippen LogP contribution in [0.25, 0.3) is 0 Å². The summed E-state index contributed by atoms with van der Waals surface area (Å²) in [7, 11) is 0. The first kappa shape index (κ1) is 11.9. The summed E-state index contributed by atoms with van der Waals surface area (Å²) in [6.07, 6.45) is 1.59. The van der Waals surface area contributed by atoms with E-state index >= 15 is 0 Å². The van der Waals surface area contributed by atoms with Crippen molar-refractivity contribution in [2.24, 2.45) is 5.92 Å². The Bertz CT molecular complexity index is 445. The fourth-order valence-electron chi connectivity index (χ4n) is 2.03. The van der Waals surface area contributed by atoms with E-state index in [1.54, 1.807) is 11.8 Å². The smallest absolute Gasteiger partial charge is 0.335 e. The lowest BCUT2D eigenvalue weighted by Crippen LogP contribution is -2.30. The lowest BCUT2D eigenvalue weighted by atomic mass is 10.0. The summed E-state index contributed by atoms with van der Waals surface area (Å²) in [6.45, 7) is 2.92. The quantitative estimate of drug-likeness (QED) is 0.812. The summed E-state index contributed by atoms with van der Waals surface area (Å²) in [5, 5.41) is 9.46. The van der Waals surface area contributed by atoms with E-state index in [2.05, 4.69) is 4.42 Å². The minimum atomic E-state index is -0.468. The van der Waals surface area contributed by atoms with Gasteiger partial charge in [0.2, 0.25) is 0 Å². The number of likely N-dealkylation sites (tertiary alicyclic amines) is 1. The van der Waals surface area contributed by atoms with Crippen LogP contribution in [-0.2, 0) is 0 Å². The number of carbonyl (C=O) groups excluding carboxylic acids is 1. The van der Waals surface area contributed by atoms with E-state index < -0.39 is 11.7 Å². The van der Waals surface area contributed by atoms with Gasteiger partial charge in [-0.15, -0.1) is 0 Å². The largest absolute Gasteiger partial charge is 0.430 e. The zero-order chi connectivity index (χ0) is 12.4. The molecular weight excluding hydrogens is 222 g/mol. The molecule has 1 N–H and O–H groups in total. The highest BCUT2D eigenvalue weighted by molar-refractivity contribution is 5.93. The molecule has 2 rings (SSSR count). The number of nitrogens with zero attached hydrogens (tertiary/aromatic N) is 1. The van der Waals surface area contributed by atoms with Gasteiger partial charge in [-0.25, -0.2) is 4.79 Å². The van der Waals surface area contributed by atoms with Gasteiger partial charge in [0.25, 0.3) is 5.91 Å². The fraction of sp³-hybridized carbons (Fsp3) is 0.500. The molecule has 1 aromatic rings. The van der Waals surface area contributed by atoms with Gasteiger partial charge in [-0.2, -0.15) is 0 Å². The summed E-state index contributed by atoms with van der Waals surface area (Å²) < 4.78 is 4.66. The third-order valence-electron chi connectivity index (χ3n) is 3.14. The Labute approximate surface area is 98.7 Å². The average molecular weight is 237 g/mol. The summed E-state index contributed by atoms with van der Waals surface area (Å²) in [4.78, 5) is 24.5. The number of aliphatic hydroxyl groups excluding tert-OH is 1. The molecule has 17 heavy (non-hydrogen) atoms. The van der Waals surface area contributed by atoms with Crippen molar-refractivity contribution in [3.05, 3.63) is 34.4 Å². The third kappa shape index (κ3) is 2.55. The Balaban J connectivity index is 2.07. The lowest BCUT2D eigenvalue weighted by Gasteiger charge is -2.17. The Hall–Kier alpha value is -1.62. The highest BCUT2D eigenvalue weighted by Crippen LogP contribution is 2.21. The summed E-state index contributed by atoms with van der Waals surface area (Å²) >= 11 is 0. The fourth-order valence-corrected chi connectivity index (χ4v) is 2.03. The standard InChI is InChI=1S/C12H15NO4/c1-8(14)9-4-5-13(6-9)12(16)10-2-3-11(15)17-7-10/h2-3,7-9,14H,4-6H2,1H3. The highest BCUT2D eigenvalue weighted by atomic mass is 16.4.